The van der Waals surface area contributed by atoms with E-state index >= 15 is 0 Å². The lowest BCUT2D eigenvalue weighted by molar-refractivity contribution is 0.0677. The third-order valence-electron chi connectivity index (χ3n) is 6.63. The summed E-state index contributed by atoms with van der Waals surface area (Å²) in [5.74, 6) is -2.11. The van der Waals surface area contributed by atoms with E-state index in [9.17, 15) is 28.8 Å². The van der Waals surface area contributed by atoms with Gasteiger partial charge in [-0.2, -0.15) is 0 Å². The van der Waals surface area contributed by atoms with E-state index in [1.807, 2.05) is 0 Å². The number of hydrogen-bond donors (Lipinski definition) is 2. The van der Waals surface area contributed by atoms with Crippen LogP contribution in [-0.4, -0.2) is 72.4 Å². The summed E-state index contributed by atoms with van der Waals surface area (Å²) >= 11 is 0. The predicted molar refractivity (Wildman–Crippen MR) is 133 cm³/mol. The number of carbonyl (C=O) groups is 6. The normalized spacial score (nSPS) is 14.2. The molecular weight excluding hydrogens is 476 g/mol. The maximum absolute atomic E-state index is 12.4. The number of imide groups is 2. The highest BCUT2D eigenvalue weighted by Crippen LogP contribution is 2.23. The molecule has 0 saturated carbocycles. The highest BCUT2D eigenvalue weighted by molar-refractivity contribution is 6.22. The number of hydrogen-bond acceptors (Lipinski definition) is 6. The van der Waals surface area contributed by atoms with Crippen molar-refractivity contribution in [3.8, 4) is 0 Å². The van der Waals surface area contributed by atoms with E-state index in [1.54, 1.807) is 12.1 Å². The van der Waals surface area contributed by atoms with Crippen molar-refractivity contribution in [2.75, 3.05) is 27.2 Å². The van der Waals surface area contributed by atoms with Gasteiger partial charge >= 0.3 is 0 Å². The zero-order valence-corrected chi connectivity index (χ0v) is 20.8. The van der Waals surface area contributed by atoms with Gasteiger partial charge < -0.3 is 10.6 Å². The molecule has 0 aliphatic carbocycles. The number of nitrogens with zero attached hydrogens (tertiary/aromatic N) is 2. The third kappa shape index (κ3) is 5.13. The summed E-state index contributed by atoms with van der Waals surface area (Å²) in [5.41, 5.74) is 1.81. The zero-order chi connectivity index (χ0) is 26.7. The maximum atomic E-state index is 12.4. The number of benzene rings is 2. The van der Waals surface area contributed by atoms with E-state index in [-0.39, 0.29) is 34.8 Å². The minimum Gasteiger partial charge on any atom is -0.352 e. The van der Waals surface area contributed by atoms with Crippen molar-refractivity contribution in [1.29, 1.82) is 0 Å². The maximum Gasteiger partial charge on any atom is 0.261 e. The van der Waals surface area contributed by atoms with Crippen molar-refractivity contribution in [2.24, 2.45) is 0 Å². The molecule has 6 amide bonds. The smallest absolute Gasteiger partial charge is 0.261 e. The molecule has 2 heterocycles. The highest BCUT2D eigenvalue weighted by atomic mass is 16.2. The molecule has 192 valence electrons. The van der Waals surface area contributed by atoms with Crippen LogP contribution in [0.2, 0.25) is 0 Å². The number of fused-ring (bicyclic) bond motifs is 2. The number of carbonyl (C=O) groups excluding carboxylic acids is 6. The van der Waals surface area contributed by atoms with Gasteiger partial charge in [0.05, 0.1) is 22.3 Å². The lowest BCUT2D eigenvalue weighted by atomic mass is 10.1. The van der Waals surface area contributed by atoms with Gasteiger partial charge in [0.25, 0.3) is 35.4 Å². The first-order valence-electron chi connectivity index (χ1n) is 12.2. The van der Waals surface area contributed by atoms with Gasteiger partial charge in [0.2, 0.25) is 0 Å². The fourth-order valence-corrected chi connectivity index (χ4v) is 4.39. The Hall–Kier alpha value is -4.34. The Morgan fingerprint density at radius 1 is 0.568 bits per heavy atom. The average Bonchev–Trinajstić information content (AvgIpc) is 3.26. The second-order valence-electron chi connectivity index (χ2n) is 9.14. The fourth-order valence-electron chi connectivity index (χ4n) is 4.39. The molecule has 0 aromatic heterocycles. The molecule has 2 aliphatic heterocycles. The highest BCUT2D eigenvalue weighted by Gasteiger charge is 2.34. The quantitative estimate of drug-likeness (QED) is 0.377. The van der Waals surface area contributed by atoms with Crippen LogP contribution in [0.5, 0.6) is 0 Å². The topological polar surface area (TPSA) is 133 Å². The van der Waals surface area contributed by atoms with Crippen LogP contribution in [0.25, 0.3) is 0 Å². The molecule has 0 fully saturated rings. The molecule has 0 radical (unpaired) electrons. The Bertz CT molecular complexity index is 1220. The number of unbranched alkanes of at least 4 members (excludes halogenated alkanes) is 4. The molecule has 37 heavy (non-hydrogen) atoms. The van der Waals surface area contributed by atoms with Gasteiger partial charge in [0.15, 0.2) is 0 Å². The van der Waals surface area contributed by atoms with Crippen LogP contribution < -0.4 is 10.6 Å². The van der Waals surface area contributed by atoms with Crippen molar-refractivity contribution < 1.29 is 28.8 Å². The van der Waals surface area contributed by atoms with Gasteiger partial charge in [-0.1, -0.05) is 19.3 Å². The van der Waals surface area contributed by atoms with E-state index < -0.39 is 11.8 Å². The largest absolute Gasteiger partial charge is 0.352 e. The number of amides is 6. The predicted octanol–water partition coefficient (Wildman–Crippen LogP) is 2.25. The number of rotatable bonds is 10. The summed E-state index contributed by atoms with van der Waals surface area (Å²) in [6.45, 7) is 0.988. The molecular formula is C27H28N4O6. The van der Waals surface area contributed by atoms with E-state index in [1.165, 1.54) is 38.4 Å². The summed E-state index contributed by atoms with van der Waals surface area (Å²) < 4.78 is 0. The molecule has 0 saturated heterocycles. The Kier molecular flexibility index (Phi) is 7.47. The Morgan fingerprint density at radius 3 is 1.32 bits per heavy atom. The molecule has 0 unspecified atom stereocenters. The van der Waals surface area contributed by atoms with Gasteiger partial charge in [-0.25, -0.2) is 0 Å². The van der Waals surface area contributed by atoms with E-state index in [2.05, 4.69) is 10.6 Å². The molecule has 0 bridgehead atoms. The van der Waals surface area contributed by atoms with Crippen LogP contribution >= 0.6 is 0 Å². The zero-order valence-electron chi connectivity index (χ0n) is 20.8. The molecule has 10 nitrogen and oxygen atoms in total. The summed E-state index contributed by atoms with van der Waals surface area (Å²) in [5, 5.41) is 5.67. The van der Waals surface area contributed by atoms with Crippen LogP contribution in [0.3, 0.4) is 0 Å². The lowest BCUT2D eigenvalue weighted by Gasteiger charge is -2.07. The third-order valence-corrected chi connectivity index (χ3v) is 6.63. The van der Waals surface area contributed by atoms with Crippen LogP contribution in [0.1, 0.15) is 94.3 Å². The molecule has 0 atom stereocenters. The standard InChI is InChI=1S/C27H28N4O6/c1-30-24(34)18-10-8-16(14-20(18)26(30)36)22(32)28-12-6-4-3-5-7-13-29-23(33)17-9-11-19-21(15-17)27(37)31(2)25(19)35/h8-11,14-15H,3-7,12-13H2,1-2H3,(H,28,32)(H,29,33). The van der Waals surface area contributed by atoms with Gasteiger partial charge in [-0.3, -0.25) is 38.6 Å². The van der Waals surface area contributed by atoms with Crippen LogP contribution in [0.15, 0.2) is 36.4 Å². The molecule has 4 rings (SSSR count). The first kappa shape index (κ1) is 25.7. The summed E-state index contributed by atoms with van der Waals surface area (Å²) in [6, 6.07) is 9.03. The summed E-state index contributed by atoms with van der Waals surface area (Å²) in [6.07, 6.45) is 4.34. The molecule has 10 heteroatoms. The van der Waals surface area contributed by atoms with Crippen molar-refractivity contribution >= 4 is 35.4 Å². The molecule has 2 N–H and O–H groups in total. The SMILES string of the molecule is CN1C(=O)c2ccc(C(=O)NCCCCCCCNC(=O)c3ccc4c(c3)C(=O)N(C)C4=O)cc2C1=O. The second kappa shape index (κ2) is 10.7. The monoisotopic (exact) mass is 504 g/mol. The first-order valence-corrected chi connectivity index (χ1v) is 12.2. The second-order valence-corrected chi connectivity index (χ2v) is 9.14. The minimum absolute atomic E-state index is 0.250. The van der Waals surface area contributed by atoms with Crippen LogP contribution in [0, 0.1) is 0 Å². The molecule has 0 spiro atoms. The first-order chi connectivity index (χ1) is 17.7. The van der Waals surface area contributed by atoms with E-state index in [4.69, 9.17) is 0 Å². The number of nitrogens with one attached hydrogen (secondary N) is 2. The Balaban J connectivity index is 1.10. The van der Waals surface area contributed by atoms with E-state index in [0.29, 0.717) is 35.3 Å². The van der Waals surface area contributed by atoms with Crippen molar-refractivity contribution in [2.45, 2.75) is 32.1 Å². The molecule has 2 aliphatic rings. The molecule has 2 aromatic rings. The van der Waals surface area contributed by atoms with Crippen LogP contribution in [0.4, 0.5) is 0 Å². The summed E-state index contributed by atoms with van der Waals surface area (Å²) in [7, 11) is 2.83. The summed E-state index contributed by atoms with van der Waals surface area (Å²) in [4.78, 5) is 74.9. The van der Waals surface area contributed by atoms with Crippen molar-refractivity contribution in [3.63, 3.8) is 0 Å². The average molecular weight is 505 g/mol. The Labute approximate surface area is 214 Å². The lowest BCUT2D eigenvalue weighted by Crippen LogP contribution is -2.25. The van der Waals surface area contributed by atoms with E-state index in [0.717, 1.165) is 41.9 Å². The molecule has 2 aromatic carbocycles. The van der Waals surface area contributed by atoms with Crippen LogP contribution in [-0.2, 0) is 0 Å². The van der Waals surface area contributed by atoms with Crippen molar-refractivity contribution in [1.82, 2.24) is 20.4 Å². The van der Waals surface area contributed by atoms with Crippen molar-refractivity contribution in [3.05, 3.63) is 69.8 Å². The van der Waals surface area contributed by atoms with Gasteiger partial charge in [0.1, 0.15) is 0 Å². The minimum atomic E-state index is -0.405. The van der Waals surface area contributed by atoms with Gasteiger partial charge in [-0.05, 0) is 49.2 Å². The fraction of sp³-hybridized carbons (Fsp3) is 0.333. The Morgan fingerprint density at radius 2 is 0.919 bits per heavy atom. The van der Waals surface area contributed by atoms with Gasteiger partial charge in [0, 0.05) is 38.3 Å². The van der Waals surface area contributed by atoms with Gasteiger partial charge in [-0.15, -0.1) is 0 Å².